The summed E-state index contributed by atoms with van der Waals surface area (Å²) in [5.41, 5.74) is 1.67. The van der Waals surface area contributed by atoms with E-state index in [4.69, 9.17) is 9.15 Å². The first-order valence-electron chi connectivity index (χ1n) is 8.68. The van der Waals surface area contributed by atoms with E-state index in [0.717, 1.165) is 0 Å². The lowest BCUT2D eigenvalue weighted by atomic mass is 10.1. The third-order valence-electron chi connectivity index (χ3n) is 4.23. The number of nitrogens with one attached hydrogen (secondary N) is 1. The number of anilines is 1. The SMILES string of the molecule is COc1cccc2cc(C(=O)Nc3nccs3)c(=Nc3ccc(F)c(C)c3)oc12. The van der Waals surface area contributed by atoms with Crippen molar-refractivity contribution in [3.8, 4) is 5.75 Å². The molecule has 0 spiro atoms. The van der Waals surface area contributed by atoms with Crippen LogP contribution in [0.2, 0.25) is 0 Å². The van der Waals surface area contributed by atoms with Gasteiger partial charge in [0, 0.05) is 17.0 Å². The number of hydrogen-bond acceptors (Lipinski definition) is 6. The summed E-state index contributed by atoms with van der Waals surface area (Å²) in [6, 6.07) is 11.5. The fourth-order valence-corrected chi connectivity index (χ4v) is 3.32. The van der Waals surface area contributed by atoms with Gasteiger partial charge in [0.15, 0.2) is 16.5 Å². The van der Waals surface area contributed by atoms with Gasteiger partial charge in [0.05, 0.1) is 12.8 Å². The summed E-state index contributed by atoms with van der Waals surface area (Å²) < 4.78 is 24.9. The highest BCUT2D eigenvalue weighted by Gasteiger charge is 2.16. The Morgan fingerprint density at radius 2 is 2.14 bits per heavy atom. The van der Waals surface area contributed by atoms with Gasteiger partial charge in [-0.2, -0.15) is 0 Å². The van der Waals surface area contributed by atoms with E-state index in [1.165, 1.54) is 30.6 Å². The smallest absolute Gasteiger partial charge is 0.262 e. The number of ether oxygens (including phenoxy) is 1. The number of aromatic nitrogens is 1. The molecule has 0 atom stereocenters. The topological polar surface area (TPSA) is 76.7 Å². The van der Waals surface area contributed by atoms with E-state index < -0.39 is 5.91 Å². The summed E-state index contributed by atoms with van der Waals surface area (Å²) in [6.07, 6.45) is 1.60. The van der Waals surface area contributed by atoms with Crippen LogP contribution in [-0.4, -0.2) is 18.0 Å². The van der Waals surface area contributed by atoms with Gasteiger partial charge in [-0.3, -0.25) is 10.1 Å². The number of nitrogens with zero attached hydrogens (tertiary/aromatic N) is 2. The van der Waals surface area contributed by atoms with Crippen molar-refractivity contribution in [2.45, 2.75) is 6.92 Å². The zero-order chi connectivity index (χ0) is 20.4. The molecule has 146 valence electrons. The Labute approximate surface area is 169 Å². The first kappa shape index (κ1) is 18.8. The molecule has 0 bridgehead atoms. The molecule has 29 heavy (non-hydrogen) atoms. The van der Waals surface area contributed by atoms with Gasteiger partial charge < -0.3 is 9.15 Å². The number of hydrogen-bond donors (Lipinski definition) is 1. The minimum Gasteiger partial charge on any atom is -0.493 e. The fraction of sp³-hybridized carbons (Fsp3) is 0.0952. The van der Waals surface area contributed by atoms with Crippen molar-refractivity contribution in [2.24, 2.45) is 4.99 Å². The zero-order valence-electron chi connectivity index (χ0n) is 15.6. The molecule has 1 N–H and O–H groups in total. The van der Waals surface area contributed by atoms with E-state index >= 15 is 0 Å². The molecular weight excluding hydrogens is 393 g/mol. The molecule has 6 nitrogen and oxygen atoms in total. The molecule has 1 amide bonds. The van der Waals surface area contributed by atoms with Gasteiger partial charge in [-0.25, -0.2) is 14.4 Å². The van der Waals surface area contributed by atoms with Gasteiger partial charge in [-0.1, -0.05) is 12.1 Å². The second kappa shape index (κ2) is 7.84. The normalized spacial score (nSPS) is 11.6. The van der Waals surface area contributed by atoms with E-state index in [2.05, 4.69) is 15.3 Å². The number of amides is 1. The van der Waals surface area contributed by atoms with E-state index in [1.54, 1.807) is 42.8 Å². The molecule has 0 aliphatic heterocycles. The second-order valence-electron chi connectivity index (χ2n) is 6.18. The number of benzene rings is 2. The van der Waals surface area contributed by atoms with Gasteiger partial charge in [-0.15, -0.1) is 11.3 Å². The maximum atomic E-state index is 13.6. The highest BCUT2D eigenvalue weighted by Crippen LogP contribution is 2.25. The maximum Gasteiger partial charge on any atom is 0.262 e. The van der Waals surface area contributed by atoms with Crippen molar-refractivity contribution in [1.82, 2.24) is 4.98 Å². The molecule has 0 aliphatic rings. The van der Waals surface area contributed by atoms with E-state index in [1.807, 2.05) is 6.07 Å². The molecule has 0 aliphatic carbocycles. The average Bonchev–Trinajstić information content (AvgIpc) is 3.22. The van der Waals surface area contributed by atoms with Crippen molar-refractivity contribution >= 4 is 39.0 Å². The Hall–Kier alpha value is -3.52. The van der Waals surface area contributed by atoms with Gasteiger partial charge in [0.1, 0.15) is 11.4 Å². The van der Waals surface area contributed by atoms with Crippen LogP contribution in [0.25, 0.3) is 11.0 Å². The summed E-state index contributed by atoms with van der Waals surface area (Å²) in [5.74, 6) is -0.227. The number of thiazole rings is 1. The molecule has 8 heteroatoms. The van der Waals surface area contributed by atoms with Crippen molar-refractivity contribution in [3.63, 3.8) is 0 Å². The van der Waals surface area contributed by atoms with Crippen molar-refractivity contribution in [1.29, 1.82) is 0 Å². The molecule has 0 unspecified atom stereocenters. The van der Waals surface area contributed by atoms with Crippen molar-refractivity contribution in [3.05, 3.63) is 76.5 Å². The summed E-state index contributed by atoms with van der Waals surface area (Å²) >= 11 is 1.30. The first-order chi connectivity index (χ1) is 14.0. The molecule has 2 heterocycles. The van der Waals surface area contributed by atoms with Crippen LogP contribution in [0.1, 0.15) is 15.9 Å². The number of carbonyl (C=O) groups is 1. The van der Waals surface area contributed by atoms with Crippen LogP contribution in [0.5, 0.6) is 5.75 Å². The number of carbonyl (C=O) groups excluding carboxylic acids is 1. The summed E-state index contributed by atoms with van der Waals surface area (Å²) in [7, 11) is 1.54. The fourth-order valence-electron chi connectivity index (χ4n) is 2.80. The average molecular weight is 409 g/mol. The van der Waals surface area contributed by atoms with Gasteiger partial charge >= 0.3 is 0 Å². The van der Waals surface area contributed by atoms with Gasteiger partial charge in [0.2, 0.25) is 5.55 Å². The van der Waals surface area contributed by atoms with Crippen LogP contribution in [0.4, 0.5) is 15.2 Å². The quantitative estimate of drug-likeness (QED) is 0.524. The predicted molar refractivity (Wildman–Crippen MR) is 109 cm³/mol. The molecule has 0 saturated heterocycles. The zero-order valence-corrected chi connectivity index (χ0v) is 16.4. The highest BCUT2D eigenvalue weighted by molar-refractivity contribution is 7.13. The Kier molecular flexibility index (Phi) is 5.09. The van der Waals surface area contributed by atoms with Crippen molar-refractivity contribution in [2.75, 3.05) is 12.4 Å². The molecule has 0 radical (unpaired) electrons. The number of methoxy groups -OCH3 is 1. The van der Waals surface area contributed by atoms with E-state index in [9.17, 15) is 9.18 Å². The van der Waals surface area contributed by atoms with Crippen LogP contribution in [0, 0.1) is 12.7 Å². The number of para-hydroxylation sites is 1. The molecule has 4 rings (SSSR count). The standard InChI is InChI=1S/C21H16FN3O3S/c1-12-10-14(6-7-16(12)22)24-20-15(19(26)25-21-23-8-9-29-21)11-13-4-3-5-17(27-2)18(13)28-20/h3-11H,1-2H3,(H,23,25,26). The molecule has 2 aromatic heterocycles. The largest absolute Gasteiger partial charge is 0.493 e. The lowest BCUT2D eigenvalue weighted by Crippen LogP contribution is -2.21. The number of fused-ring (bicyclic) bond motifs is 1. The summed E-state index contributed by atoms with van der Waals surface area (Å²) in [6.45, 7) is 1.64. The monoisotopic (exact) mass is 409 g/mol. The first-order valence-corrected chi connectivity index (χ1v) is 9.55. The molecular formula is C21H16FN3O3S. The van der Waals surface area contributed by atoms with E-state index in [-0.39, 0.29) is 16.9 Å². The van der Waals surface area contributed by atoms with Crippen LogP contribution in [-0.2, 0) is 0 Å². The molecule has 0 fully saturated rings. The molecule has 2 aromatic carbocycles. The van der Waals surface area contributed by atoms with E-state index in [0.29, 0.717) is 33.1 Å². The molecule has 0 saturated carbocycles. The molecule has 4 aromatic rings. The number of halogens is 1. The van der Waals surface area contributed by atoms with Crippen LogP contribution in [0.15, 0.2) is 63.5 Å². The highest BCUT2D eigenvalue weighted by atomic mass is 32.1. The second-order valence-corrected chi connectivity index (χ2v) is 7.08. The Balaban J connectivity index is 1.92. The lowest BCUT2D eigenvalue weighted by Gasteiger charge is -2.08. The third kappa shape index (κ3) is 3.88. The minimum atomic E-state index is -0.411. The maximum absolute atomic E-state index is 13.6. The van der Waals surface area contributed by atoms with Crippen LogP contribution >= 0.6 is 11.3 Å². The summed E-state index contributed by atoms with van der Waals surface area (Å²) in [5, 5.41) is 5.64. The van der Waals surface area contributed by atoms with Crippen LogP contribution in [0.3, 0.4) is 0 Å². The predicted octanol–water partition coefficient (Wildman–Crippen LogP) is 4.83. The number of rotatable bonds is 4. The lowest BCUT2D eigenvalue weighted by molar-refractivity contribution is 0.102. The Morgan fingerprint density at radius 1 is 1.28 bits per heavy atom. The third-order valence-corrected chi connectivity index (χ3v) is 4.92. The number of aryl methyl sites for hydroxylation is 1. The Bertz CT molecular complexity index is 1270. The summed E-state index contributed by atoms with van der Waals surface area (Å²) in [4.78, 5) is 21.4. The van der Waals surface area contributed by atoms with Crippen LogP contribution < -0.4 is 15.6 Å². The van der Waals surface area contributed by atoms with Gasteiger partial charge in [-0.05, 0) is 42.8 Å². The van der Waals surface area contributed by atoms with Gasteiger partial charge in [0.25, 0.3) is 5.91 Å². The Morgan fingerprint density at radius 3 is 2.86 bits per heavy atom. The minimum absolute atomic E-state index is 0.0852. The van der Waals surface area contributed by atoms with Crippen molar-refractivity contribution < 1.29 is 18.3 Å².